The summed E-state index contributed by atoms with van der Waals surface area (Å²) in [5.74, 6) is -2.66. The summed E-state index contributed by atoms with van der Waals surface area (Å²) < 4.78 is 53.3. The van der Waals surface area contributed by atoms with Crippen molar-refractivity contribution in [1.82, 2.24) is 5.32 Å². The fourth-order valence-corrected chi connectivity index (χ4v) is 4.05. The van der Waals surface area contributed by atoms with Gasteiger partial charge in [-0.25, -0.2) is 17.2 Å². The highest BCUT2D eigenvalue weighted by atomic mass is 32.2. The van der Waals surface area contributed by atoms with E-state index in [0.717, 1.165) is 30.8 Å². The van der Waals surface area contributed by atoms with Gasteiger partial charge >= 0.3 is 0 Å². The lowest BCUT2D eigenvalue weighted by atomic mass is 10.2. The molecular weight excluding hydrogens is 436 g/mol. The van der Waals surface area contributed by atoms with Crippen LogP contribution in [0.25, 0.3) is 0 Å². The summed E-state index contributed by atoms with van der Waals surface area (Å²) in [6.45, 7) is 1.26. The van der Waals surface area contributed by atoms with Crippen LogP contribution in [0.1, 0.15) is 16.8 Å². The van der Waals surface area contributed by atoms with Gasteiger partial charge in [-0.3, -0.25) is 9.52 Å². The second-order valence-electron chi connectivity index (χ2n) is 7.13. The summed E-state index contributed by atoms with van der Waals surface area (Å²) in [4.78, 5) is 14.0. The van der Waals surface area contributed by atoms with Crippen molar-refractivity contribution in [1.29, 1.82) is 0 Å². The summed E-state index contributed by atoms with van der Waals surface area (Å²) in [6, 6.07) is 18.1. The highest BCUT2D eigenvalue weighted by molar-refractivity contribution is 7.92. The van der Waals surface area contributed by atoms with Gasteiger partial charge in [0, 0.05) is 37.1 Å². The molecular formula is C23H23F2N3O3S. The molecule has 0 saturated carbocycles. The molecule has 0 unspecified atom stereocenters. The van der Waals surface area contributed by atoms with E-state index >= 15 is 0 Å². The van der Waals surface area contributed by atoms with Crippen LogP contribution in [0.2, 0.25) is 0 Å². The van der Waals surface area contributed by atoms with Crippen molar-refractivity contribution in [2.75, 3.05) is 29.8 Å². The molecule has 0 aliphatic rings. The Kier molecular flexibility index (Phi) is 7.42. The van der Waals surface area contributed by atoms with E-state index < -0.39 is 26.6 Å². The minimum absolute atomic E-state index is 0.191. The number of hydrogen-bond donors (Lipinski definition) is 2. The van der Waals surface area contributed by atoms with E-state index in [1.54, 1.807) is 0 Å². The predicted molar refractivity (Wildman–Crippen MR) is 120 cm³/mol. The van der Waals surface area contributed by atoms with Crippen LogP contribution in [0.15, 0.2) is 77.7 Å². The van der Waals surface area contributed by atoms with Gasteiger partial charge in [0.15, 0.2) is 11.6 Å². The Morgan fingerprint density at radius 3 is 2.28 bits per heavy atom. The molecule has 3 aromatic rings. The number of sulfonamides is 1. The largest absolute Gasteiger partial charge is 0.375 e. The van der Waals surface area contributed by atoms with Crippen LogP contribution in [0.4, 0.5) is 20.2 Å². The van der Waals surface area contributed by atoms with Gasteiger partial charge in [-0.2, -0.15) is 0 Å². The quantitative estimate of drug-likeness (QED) is 0.474. The van der Waals surface area contributed by atoms with Crippen LogP contribution in [-0.2, 0) is 10.0 Å². The van der Waals surface area contributed by atoms with E-state index in [9.17, 15) is 22.0 Å². The zero-order valence-corrected chi connectivity index (χ0v) is 18.2. The van der Waals surface area contributed by atoms with E-state index in [-0.39, 0.29) is 11.6 Å². The molecule has 3 rings (SSSR count). The van der Waals surface area contributed by atoms with E-state index in [4.69, 9.17) is 0 Å². The fraction of sp³-hybridized carbons (Fsp3) is 0.174. The molecule has 0 aliphatic carbocycles. The lowest BCUT2D eigenvalue weighted by Crippen LogP contribution is -2.28. The van der Waals surface area contributed by atoms with E-state index in [0.29, 0.717) is 18.2 Å². The van der Waals surface area contributed by atoms with Gasteiger partial charge in [-0.1, -0.05) is 18.2 Å². The van der Waals surface area contributed by atoms with Gasteiger partial charge < -0.3 is 10.2 Å². The number of halogens is 2. The molecule has 168 valence electrons. The first-order valence-electron chi connectivity index (χ1n) is 9.88. The number of para-hydroxylation sites is 1. The van der Waals surface area contributed by atoms with Gasteiger partial charge in [0.05, 0.1) is 4.90 Å². The Morgan fingerprint density at radius 2 is 1.62 bits per heavy atom. The number of carbonyl (C=O) groups excluding carboxylic acids is 1. The molecule has 3 aromatic carbocycles. The first-order valence-corrected chi connectivity index (χ1v) is 11.4. The van der Waals surface area contributed by atoms with Crippen molar-refractivity contribution in [3.63, 3.8) is 0 Å². The highest BCUT2D eigenvalue weighted by Crippen LogP contribution is 2.19. The smallest absolute Gasteiger partial charge is 0.261 e. The molecule has 0 aromatic heterocycles. The molecule has 0 heterocycles. The maximum atomic E-state index is 13.3. The number of hydrogen-bond acceptors (Lipinski definition) is 4. The summed E-state index contributed by atoms with van der Waals surface area (Å²) in [6.07, 6.45) is 0.753. The van der Waals surface area contributed by atoms with E-state index in [1.807, 2.05) is 37.4 Å². The number of nitrogens with zero attached hydrogens (tertiary/aromatic N) is 1. The maximum Gasteiger partial charge on any atom is 0.261 e. The van der Waals surface area contributed by atoms with Crippen molar-refractivity contribution in [3.8, 4) is 0 Å². The predicted octanol–water partition coefficient (Wildman–Crippen LogP) is 4.02. The Morgan fingerprint density at radius 1 is 0.938 bits per heavy atom. The van der Waals surface area contributed by atoms with Crippen LogP contribution in [-0.4, -0.2) is 34.5 Å². The molecule has 0 aliphatic heterocycles. The lowest BCUT2D eigenvalue weighted by Gasteiger charge is -2.19. The zero-order valence-electron chi connectivity index (χ0n) is 17.4. The monoisotopic (exact) mass is 459 g/mol. The first kappa shape index (κ1) is 23.2. The van der Waals surface area contributed by atoms with Gasteiger partial charge in [0.1, 0.15) is 0 Å². The summed E-state index contributed by atoms with van der Waals surface area (Å²) in [7, 11) is -2.11. The van der Waals surface area contributed by atoms with Gasteiger partial charge in [0.25, 0.3) is 15.9 Å². The Bertz CT molecular complexity index is 1170. The van der Waals surface area contributed by atoms with Crippen LogP contribution >= 0.6 is 0 Å². The van der Waals surface area contributed by atoms with Crippen LogP contribution < -0.4 is 14.9 Å². The average Bonchev–Trinajstić information content (AvgIpc) is 2.79. The molecule has 0 radical (unpaired) electrons. The number of benzene rings is 3. The molecule has 0 fully saturated rings. The molecule has 0 spiro atoms. The van der Waals surface area contributed by atoms with Crippen molar-refractivity contribution >= 4 is 27.3 Å². The van der Waals surface area contributed by atoms with Gasteiger partial charge in [0.2, 0.25) is 0 Å². The molecule has 0 bridgehead atoms. The number of amides is 1. The Labute approximate surface area is 185 Å². The van der Waals surface area contributed by atoms with Gasteiger partial charge in [-0.05, 0) is 61.0 Å². The van der Waals surface area contributed by atoms with Crippen molar-refractivity contribution in [2.24, 2.45) is 0 Å². The zero-order chi connectivity index (χ0) is 23.1. The summed E-state index contributed by atoms with van der Waals surface area (Å²) >= 11 is 0. The fourth-order valence-electron chi connectivity index (χ4n) is 2.98. The number of carbonyl (C=O) groups is 1. The Balaban J connectivity index is 1.51. The van der Waals surface area contributed by atoms with Gasteiger partial charge in [-0.15, -0.1) is 0 Å². The third-order valence-electron chi connectivity index (χ3n) is 4.75. The van der Waals surface area contributed by atoms with Crippen molar-refractivity contribution in [3.05, 3.63) is 90.0 Å². The van der Waals surface area contributed by atoms with Crippen molar-refractivity contribution in [2.45, 2.75) is 11.3 Å². The number of anilines is 2. The van der Waals surface area contributed by atoms with Crippen LogP contribution in [0, 0.1) is 11.6 Å². The number of rotatable bonds is 9. The summed E-state index contributed by atoms with van der Waals surface area (Å²) in [5, 5.41) is 2.83. The molecule has 1 amide bonds. The molecule has 9 heteroatoms. The third-order valence-corrected chi connectivity index (χ3v) is 6.13. The second kappa shape index (κ2) is 10.2. The lowest BCUT2D eigenvalue weighted by molar-refractivity contribution is 0.0953. The summed E-state index contributed by atoms with van der Waals surface area (Å²) in [5.41, 5.74) is 1.66. The Hall–Kier alpha value is -3.46. The first-order chi connectivity index (χ1) is 15.3. The number of nitrogens with one attached hydrogen (secondary N) is 2. The molecule has 0 saturated heterocycles. The molecule has 6 nitrogen and oxygen atoms in total. The molecule has 32 heavy (non-hydrogen) atoms. The SMILES string of the molecule is CN(CCCNC(=O)c1ccc(NS(=O)(=O)c2ccc(F)c(F)c2)cc1)c1ccccc1. The average molecular weight is 460 g/mol. The minimum atomic E-state index is -4.10. The molecule has 0 atom stereocenters. The maximum absolute atomic E-state index is 13.3. The second-order valence-corrected chi connectivity index (χ2v) is 8.81. The normalized spacial score (nSPS) is 11.1. The van der Waals surface area contributed by atoms with Crippen LogP contribution in [0.3, 0.4) is 0 Å². The minimum Gasteiger partial charge on any atom is -0.375 e. The van der Waals surface area contributed by atoms with Crippen molar-refractivity contribution < 1.29 is 22.0 Å². The van der Waals surface area contributed by atoms with Crippen LogP contribution in [0.5, 0.6) is 0 Å². The third kappa shape index (κ3) is 6.04. The highest BCUT2D eigenvalue weighted by Gasteiger charge is 2.17. The topological polar surface area (TPSA) is 78.5 Å². The van der Waals surface area contributed by atoms with E-state index in [2.05, 4.69) is 14.9 Å². The standard InChI is InChI=1S/C23H23F2N3O3S/c1-28(19-6-3-2-4-7-19)15-5-14-26-23(29)17-8-10-18(11-9-17)27-32(30,31)20-12-13-21(24)22(25)16-20/h2-4,6-13,16,27H,5,14-15H2,1H3,(H,26,29). The van der Waals surface area contributed by atoms with E-state index in [1.165, 1.54) is 24.3 Å². The molecule has 2 N–H and O–H groups in total.